The van der Waals surface area contributed by atoms with Crippen molar-refractivity contribution in [2.45, 2.75) is 37.5 Å². The summed E-state index contributed by atoms with van der Waals surface area (Å²) in [5, 5.41) is 3.79. The van der Waals surface area contributed by atoms with Crippen molar-refractivity contribution in [2.24, 2.45) is 0 Å². The van der Waals surface area contributed by atoms with E-state index in [1.54, 1.807) is 0 Å². The first-order valence-corrected chi connectivity index (χ1v) is 5.93. The van der Waals surface area contributed by atoms with Gasteiger partial charge in [-0.25, -0.2) is 0 Å². The van der Waals surface area contributed by atoms with E-state index >= 15 is 0 Å². The number of rotatable bonds is 3. The van der Waals surface area contributed by atoms with Gasteiger partial charge in [0.05, 0.1) is 0 Å². The molecule has 0 radical (unpaired) electrons. The van der Waals surface area contributed by atoms with Gasteiger partial charge in [-0.2, -0.15) is 0 Å². The summed E-state index contributed by atoms with van der Waals surface area (Å²) in [5.74, 6) is 0. The van der Waals surface area contributed by atoms with Crippen molar-refractivity contribution in [1.29, 1.82) is 0 Å². The number of hydrogen-bond donors (Lipinski definition) is 1. The average molecular weight is 175 g/mol. The van der Waals surface area contributed by atoms with E-state index in [-0.39, 0.29) is 0 Å². The van der Waals surface area contributed by atoms with Crippen molar-refractivity contribution in [3.63, 3.8) is 0 Å². The summed E-state index contributed by atoms with van der Waals surface area (Å²) in [7, 11) is -0.635. The molecule has 0 bridgehead atoms. The van der Waals surface area contributed by atoms with E-state index in [0.29, 0.717) is 11.3 Å². The average Bonchev–Trinajstić information content (AvgIpc) is 2.36. The highest BCUT2D eigenvalue weighted by Gasteiger charge is 2.28. The van der Waals surface area contributed by atoms with Gasteiger partial charge in [-0.15, -0.1) is 0 Å². The van der Waals surface area contributed by atoms with Gasteiger partial charge in [0, 0.05) is 28.3 Å². The van der Waals surface area contributed by atoms with E-state index < -0.39 is 10.8 Å². The second-order valence-electron chi connectivity index (χ2n) is 3.13. The maximum absolute atomic E-state index is 11.2. The van der Waals surface area contributed by atoms with Crippen molar-refractivity contribution in [1.82, 2.24) is 5.32 Å². The van der Waals surface area contributed by atoms with Gasteiger partial charge in [0.2, 0.25) is 0 Å². The lowest BCUT2D eigenvalue weighted by Gasteiger charge is -2.17. The lowest BCUT2D eigenvalue weighted by atomic mass is 10.2. The van der Waals surface area contributed by atoms with Gasteiger partial charge in [0.25, 0.3) is 0 Å². The lowest BCUT2D eigenvalue weighted by Crippen LogP contribution is -2.37. The van der Waals surface area contributed by atoms with E-state index in [4.69, 9.17) is 0 Å². The van der Waals surface area contributed by atoms with Crippen LogP contribution in [0, 0.1) is 0 Å². The minimum Gasteiger partial charge on any atom is -0.313 e. The fourth-order valence-electron chi connectivity index (χ4n) is 1.82. The second-order valence-corrected chi connectivity index (χ2v) is 4.73. The summed E-state index contributed by atoms with van der Waals surface area (Å²) in [6.45, 7) is 3.10. The summed E-state index contributed by atoms with van der Waals surface area (Å²) in [4.78, 5) is 0. The van der Waals surface area contributed by atoms with Crippen LogP contribution in [0.4, 0.5) is 0 Å². The molecular formula is C8H17NOS. The van der Waals surface area contributed by atoms with Crippen LogP contribution in [0.5, 0.6) is 0 Å². The molecule has 0 aromatic carbocycles. The quantitative estimate of drug-likeness (QED) is 0.690. The molecule has 3 unspecified atom stereocenters. The van der Waals surface area contributed by atoms with E-state index in [0.717, 1.165) is 13.0 Å². The molecule has 0 amide bonds. The van der Waals surface area contributed by atoms with Crippen LogP contribution in [0.3, 0.4) is 0 Å². The Balaban J connectivity index is 2.44. The Hall–Kier alpha value is 0.110. The van der Waals surface area contributed by atoms with Crippen LogP contribution >= 0.6 is 0 Å². The molecule has 1 rings (SSSR count). The summed E-state index contributed by atoms with van der Waals surface area (Å²) in [6, 6.07) is 0.519. The fraction of sp³-hybridized carbons (Fsp3) is 1.00. The Kier molecular flexibility index (Phi) is 3.52. The summed E-state index contributed by atoms with van der Waals surface area (Å²) in [6.07, 6.45) is 5.40. The minimum absolute atomic E-state index is 0.412. The van der Waals surface area contributed by atoms with E-state index in [1.807, 2.05) is 6.26 Å². The zero-order chi connectivity index (χ0) is 8.27. The Bertz CT molecular complexity index is 149. The molecule has 0 heterocycles. The molecule has 1 aliphatic rings. The van der Waals surface area contributed by atoms with E-state index in [9.17, 15) is 4.21 Å². The highest BCUT2D eigenvalue weighted by atomic mass is 32.2. The summed E-state index contributed by atoms with van der Waals surface area (Å²) >= 11 is 0. The Morgan fingerprint density at radius 2 is 2.27 bits per heavy atom. The molecule has 1 saturated carbocycles. The van der Waals surface area contributed by atoms with Crippen molar-refractivity contribution in [3.05, 3.63) is 0 Å². The second kappa shape index (κ2) is 4.21. The Morgan fingerprint density at radius 3 is 2.82 bits per heavy atom. The standard InChI is InChI=1S/C8H17NOS/c1-3-9-7-5-4-6-8(7)11(2)10/h7-9H,3-6H2,1-2H3. The molecule has 0 aromatic heterocycles. The van der Waals surface area contributed by atoms with Crippen LogP contribution < -0.4 is 5.32 Å². The molecule has 3 atom stereocenters. The first-order valence-electron chi connectivity index (χ1n) is 4.31. The molecule has 1 N–H and O–H groups in total. The van der Waals surface area contributed by atoms with Gasteiger partial charge < -0.3 is 5.32 Å². The molecule has 2 nitrogen and oxygen atoms in total. The predicted molar refractivity (Wildman–Crippen MR) is 49.2 cm³/mol. The van der Waals surface area contributed by atoms with E-state index in [1.165, 1.54) is 12.8 Å². The van der Waals surface area contributed by atoms with Crippen molar-refractivity contribution in [2.75, 3.05) is 12.8 Å². The number of hydrogen-bond acceptors (Lipinski definition) is 2. The molecule has 0 aliphatic heterocycles. The van der Waals surface area contributed by atoms with Crippen LogP contribution in [0.15, 0.2) is 0 Å². The van der Waals surface area contributed by atoms with Crippen LogP contribution in [-0.4, -0.2) is 28.3 Å². The minimum atomic E-state index is -0.635. The smallest absolute Gasteiger partial charge is 0.0498 e. The zero-order valence-corrected chi connectivity index (χ0v) is 8.12. The highest BCUT2D eigenvalue weighted by molar-refractivity contribution is 7.85. The molecule has 1 aliphatic carbocycles. The molecule has 3 heteroatoms. The first kappa shape index (κ1) is 9.20. The zero-order valence-electron chi connectivity index (χ0n) is 7.30. The molecule has 0 spiro atoms. The third kappa shape index (κ3) is 2.27. The first-order chi connectivity index (χ1) is 5.25. The summed E-state index contributed by atoms with van der Waals surface area (Å²) < 4.78 is 11.2. The van der Waals surface area contributed by atoms with Gasteiger partial charge in [-0.1, -0.05) is 13.3 Å². The van der Waals surface area contributed by atoms with Crippen LogP contribution in [0.2, 0.25) is 0 Å². The topological polar surface area (TPSA) is 29.1 Å². The largest absolute Gasteiger partial charge is 0.313 e. The van der Waals surface area contributed by atoms with E-state index in [2.05, 4.69) is 12.2 Å². The van der Waals surface area contributed by atoms with Crippen LogP contribution in [-0.2, 0) is 10.8 Å². The fourth-order valence-corrected chi connectivity index (χ4v) is 3.01. The van der Waals surface area contributed by atoms with Crippen molar-refractivity contribution in [3.8, 4) is 0 Å². The third-order valence-electron chi connectivity index (χ3n) is 2.35. The van der Waals surface area contributed by atoms with Crippen LogP contribution in [0.1, 0.15) is 26.2 Å². The van der Waals surface area contributed by atoms with Gasteiger partial charge in [-0.05, 0) is 19.4 Å². The molecule has 0 aromatic rings. The molecule has 1 fully saturated rings. The number of nitrogens with one attached hydrogen (secondary N) is 1. The molecule has 0 saturated heterocycles. The van der Waals surface area contributed by atoms with Gasteiger partial charge in [0.1, 0.15) is 0 Å². The Morgan fingerprint density at radius 1 is 1.55 bits per heavy atom. The van der Waals surface area contributed by atoms with Gasteiger partial charge >= 0.3 is 0 Å². The van der Waals surface area contributed by atoms with Gasteiger partial charge in [0.15, 0.2) is 0 Å². The third-order valence-corrected chi connectivity index (χ3v) is 3.76. The van der Waals surface area contributed by atoms with Crippen molar-refractivity contribution < 1.29 is 4.21 Å². The van der Waals surface area contributed by atoms with Crippen molar-refractivity contribution >= 4 is 10.8 Å². The molecular weight excluding hydrogens is 158 g/mol. The normalized spacial score (nSPS) is 34.0. The molecule has 66 valence electrons. The predicted octanol–water partition coefficient (Wildman–Crippen LogP) is 0.896. The van der Waals surface area contributed by atoms with Gasteiger partial charge in [-0.3, -0.25) is 4.21 Å². The highest BCUT2D eigenvalue weighted by Crippen LogP contribution is 2.22. The lowest BCUT2D eigenvalue weighted by molar-refractivity contribution is 0.542. The molecule has 11 heavy (non-hydrogen) atoms. The Labute approximate surface area is 71.2 Å². The monoisotopic (exact) mass is 175 g/mol. The maximum Gasteiger partial charge on any atom is 0.0498 e. The summed E-state index contributed by atoms with van der Waals surface area (Å²) in [5.41, 5.74) is 0. The van der Waals surface area contributed by atoms with Crippen LogP contribution in [0.25, 0.3) is 0 Å². The SMILES string of the molecule is CCNC1CCCC1S(C)=O. The maximum atomic E-state index is 11.2.